The van der Waals surface area contributed by atoms with Crippen LogP contribution < -0.4 is 5.32 Å². The molecule has 0 aromatic carbocycles. The average molecular weight is 266 g/mol. The van der Waals surface area contributed by atoms with E-state index >= 15 is 0 Å². The summed E-state index contributed by atoms with van der Waals surface area (Å²) >= 11 is 0. The highest BCUT2D eigenvalue weighted by molar-refractivity contribution is 5.78. The third-order valence-electron chi connectivity index (χ3n) is 3.30. The predicted octanol–water partition coefficient (Wildman–Crippen LogP) is 0.559. The fraction of sp³-hybridized carbons (Fsp3) is 0.667. The third kappa shape index (κ3) is 4.04. The maximum Gasteiger partial charge on any atom is 0.325 e. The van der Waals surface area contributed by atoms with Crippen LogP contribution in [0.25, 0.3) is 0 Å². The van der Waals surface area contributed by atoms with Crippen molar-refractivity contribution in [3.63, 3.8) is 0 Å². The SMILES string of the molecule is O=C(O)Cn1cc(CNC(=O)C2CCCCC2)nn1. The summed E-state index contributed by atoms with van der Waals surface area (Å²) in [6.07, 6.45) is 6.90. The lowest BCUT2D eigenvalue weighted by Crippen LogP contribution is -2.31. The Morgan fingerprint density at radius 2 is 2.11 bits per heavy atom. The van der Waals surface area contributed by atoms with Crippen LogP contribution in [0, 0.1) is 5.92 Å². The van der Waals surface area contributed by atoms with E-state index in [4.69, 9.17) is 5.11 Å². The maximum absolute atomic E-state index is 11.9. The molecule has 2 rings (SSSR count). The van der Waals surface area contributed by atoms with Gasteiger partial charge < -0.3 is 10.4 Å². The van der Waals surface area contributed by atoms with Crippen LogP contribution in [0.1, 0.15) is 37.8 Å². The minimum Gasteiger partial charge on any atom is -0.480 e. The molecule has 1 aliphatic rings. The summed E-state index contributed by atoms with van der Waals surface area (Å²) < 4.78 is 1.24. The van der Waals surface area contributed by atoms with Crippen molar-refractivity contribution in [1.29, 1.82) is 0 Å². The molecule has 0 saturated heterocycles. The molecule has 1 heterocycles. The number of carboxylic acid groups (broad SMARTS) is 1. The van der Waals surface area contributed by atoms with Gasteiger partial charge in [0.1, 0.15) is 12.2 Å². The van der Waals surface area contributed by atoms with Crippen molar-refractivity contribution in [1.82, 2.24) is 20.3 Å². The molecule has 1 aromatic heterocycles. The van der Waals surface area contributed by atoms with E-state index in [9.17, 15) is 9.59 Å². The van der Waals surface area contributed by atoms with Crippen LogP contribution in [0.5, 0.6) is 0 Å². The molecule has 0 bridgehead atoms. The summed E-state index contributed by atoms with van der Waals surface area (Å²) in [5, 5.41) is 18.9. The Morgan fingerprint density at radius 3 is 2.79 bits per heavy atom. The van der Waals surface area contributed by atoms with Crippen LogP contribution in [0.2, 0.25) is 0 Å². The van der Waals surface area contributed by atoms with Gasteiger partial charge in [-0.2, -0.15) is 0 Å². The van der Waals surface area contributed by atoms with Crippen molar-refractivity contribution in [3.8, 4) is 0 Å². The zero-order chi connectivity index (χ0) is 13.7. The van der Waals surface area contributed by atoms with Gasteiger partial charge in [-0.15, -0.1) is 5.10 Å². The zero-order valence-corrected chi connectivity index (χ0v) is 10.7. The molecule has 1 aromatic rings. The van der Waals surface area contributed by atoms with E-state index in [-0.39, 0.29) is 18.4 Å². The highest BCUT2D eigenvalue weighted by Gasteiger charge is 2.20. The van der Waals surface area contributed by atoms with Crippen molar-refractivity contribution < 1.29 is 14.7 Å². The number of amides is 1. The van der Waals surface area contributed by atoms with Crippen LogP contribution in [-0.2, 0) is 22.7 Å². The molecule has 0 atom stereocenters. The summed E-state index contributed by atoms with van der Waals surface area (Å²) in [4.78, 5) is 22.4. The number of aliphatic carboxylic acids is 1. The largest absolute Gasteiger partial charge is 0.480 e. The van der Waals surface area contributed by atoms with Gasteiger partial charge in [0.15, 0.2) is 0 Å². The van der Waals surface area contributed by atoms with E-state index in [1.807, 2.05) is 0 Å². The van der Waals surface area contributed by atoms with Gasteiger partial charge in [-0.3, -0.25) is 9.59 Å². The monoisotopic (exact) mass is 266 g/mol. The molecule has 19 heavy (non-hydrogen) atoms. The van der Waals surface area contributed by atoms with Gasteiger partial charge in [-0.05, 0) is 12.8 Å². The molecule has 0 spiro atoms. The lowest BCUT2D eigenvalue weighted by atomic mass is 9.89. The van der Waals surface area contributed by atoms with Crippen molar-refractivity contribution >= 4 is 11.9 Å². The van der Waals surface area contributed by atoms with Crippen LogP contribution in [0.4, 0.5) is 0 Å². The first kappa shape index (κ1) is 13.5. The molecule has 1 aliphatic carbocycles. The van der Waals surface area contributed by atoms with Crippen LogP contribution >= 0.6 is 0 Å². The Balaban J connectivity index is 1.79. The maximum atomic E-state index is 11.9. The van der Waals surface area contributed by atoms with E-state index in [1.165, 1.54) is 17.3 Å². The minimum absolute atomic E-state index is 0.0625. The highest BCUT2D eigenvalue weighted by atomic mass is 16.4. The first-order chi connectivity index (χ1) is 9.15. The number of rotatable bonds is 5. The lowest BCUT2D eigenvalue weighted by Gasteiger charge is -2.20. The average Bonchev–Trinajstić information content (AvgIpc) is 2.84. The Hall–Kier alpha value is -1.92. The second-order valence-corrected chi connectivity index (χ2v) is 4.85. The van der Waals surface area contributed by atoms with Crippen LogP contribution in [0.3, 0.4) is 0 Å². The molecule has 0 aliphatic heterocycles. The molecule has 1 saturated carbocycles. The standard InChI is InChI=1S/C12H18N4O3/c17-11(18)8-16-7-10(14-15-16)6-13-12(19)9-4-2-1-3-5-9/h7,9H,1-6,8H2,(H,13,19)(H,17,18). The number of hydrogen-bond donors (Lipinski definition) is 2. The van der Waals surface area contributed by atoms with Crippen molar-refractivity contribution in [2.75, 3.05) is 0 Å². The summed E-state index contributed by atoms with van der Waals surface area (Å²) in [6.45, 7) is 0.0819. The molecular formula is C12H18N4O3. The summed E-state index contributed by atoms with van der Waals surface area (Å²) in [6, 6.07) is 0. The van der Waals surface area contributed by atoms with Gasteiger partial charge in [0, 0.05) is 5.92 Å². The Kier molecular flexibility index (Phi) is 4.48. The fourth-order valence-corrected chi connectivity index (χ4v) is 2.32. The Bertz CT molecular complexity index is 452. The fourth-order valence-electron chi connectivity index (χ4n) is 2.32. The molecule has 7 nitrogen and oxygen atoms in total. The number of nitrogens with one attached hydrogen (secondary N) is 1. The van der Waals surface area contributed by atoms with Crippen LogP contribution in [-0.4, -0.2) is 32.0 Å². The van der Waals surface area contributed by atoms with E-state index in [1.54, 1.807) is 0 Å². The van der Waals surface area contributed by atoms with Gasteiger partial charge in [-0.1, -0.05) is 24.5 Å². The first-order valence-corrected chi connectivity index (χ1v) is 6.53. The second-order valence-electron chi connectivity index (χ2n) is 4.85. The van der Waals surface area contributed by atoms with Gasteiger partial charge >= 0.3 is 5.97 Å². The summed E-state index contributed by atoms with van der Waals surface area (Å²) in [5.41, 5.74) is 0.574. The molecule has 0 radical (unpaired) electrons. The third-order valence-corrected chi connectivity index (χ3v) is 3.30. The molecule has 2 N–H and O–H groups in total. The Morgan fingerprint density at radius 1 is 1.37 bits per heavy atom. The van der Waals surface area contributed by atoms with Gasteiger partial charge in [-0.25, -0.2) is 4.68 Å². The topological polar surface area (TPSA) is 97.1 Å². The first-order valence-electron chi connectivity index (χ1n) is 6.53. The van der Waals surface area contributed by atoms with Gasteiger partial charge in [0.2, 0.25) is 5.91 Å². The molecule has 1 fully saturated rings. The highest BCUT2D eigenvalue weighted by Crippen LogP contribution is 2.23. The normalized spacial score (nSPS) is 16.2. The van der Waals surface area contributed by atoms with Crippen molar-refractivity contribution in [2.45, 2.75) is 45.2 Å². The van der Waals surface area contributed by atoms with Crippen molar-refractivity contribution in [3.05, 3.63) is 11.9 Å². The summed E-state index contributed by atoms with van der Waals surface area (Å²) in [7, 11) is 0. The molecule has 0 unspecified atom stereocenters. The van der Waals surface area contributed by atoms with E-state index in [0.29, 0.717) is 12.2 Å². The lowest BCUT2D eigenvalue weighted by molar-refractivity contribution is -0.138. The second kappa shape index (κ2) is 6.31. The molecule has 1 amide bonds. The molecular weight excluding hydrogens is 248 g/mol. The number of hydrogen-bond acceptors (Lipinski definition) is 4. The van der Waals surface area contributed by atoms with Crippen molar-refractivity contribution in [2.24, 2.45) is 5.92 Å². The minimum atomic E-state index is -0.970. The van der Waals surface area contributed by atoms with Gasteiger partial charge in [0.05, 0.1) is 12.7 Å². The van der Waals surface area contributed by atoms with Gasteiger partial charge in [0.25, 0.3) is 0 Å². The smallest absolute Gasteiger partial charge is 0.325 e. The van der Waals surface area contributed by atoms with E-state index in [0.717, 1.165) is 25.7 Å². The zero-order valence-electron chi connectivity index (χ0n) is 10.7. The number of carbonyl (C=O) groups is 2. The van der Waals surface area contributed by atoms with E-state index < -0.39 is 5.97 Å². The number of carbonyl (C=O) groups excluding carboxylic acids is 1. The Labute approximate surface area is 111 Å². The molecule has 104 valence electrons. The molecule has 7 heteroatoms. The number of nitrogens with zero attached hydrogens (tertiary/aromatic N) is 3. The predicted molar refractivity (Wildman–Crippen MR) is 66.1 cm³/mol. The van der Waals surface area contributed by atoms with Crippen LogP contribution in [0.15, 0.2) is 6.20 Å². The number of aromatic nitrogens is 3. The quantitative estimate of drug-likeness (QED) is 0.811. The number of carboxylic acids is 1. The van der Waals surface area contributed by atoms with E-state index in [2.05, 4.69) is 15.6 Å². The summed E-state index contributed by atoms with van der Waals surface area (Å²) in [5.74, 6) is -0.794.